The van der Waals surface area contributed by atoms with Crippen LogP contribution in [0.1, 0.15) is 53.4 Å². The molecule has 0 radical (unpaired) electrons. The van der Waals surface area contributed by atoms with E-state index in [4.69, 9.17) is 0 Å². The molecule has 2 fully saturated rings. The number of halogens is 1. The Kier molecular flexibility index (Phi) is 8.65. The van der Waals surface area contributed by atoms with Gasteiger partial charge >= 0.3 is 6.03 Å². The van der Waals surface area contributed by atoms with Crippen LogP contribution in [0, 0.1) is 0 Å². The predicted octanol–water partition coefficient (Wildman–Crippen LogP) is 2.45. The Morgan fingerprint density at radius 1 is 0.783 bits per heavy atom. The first-order valence-electron chi connectivity index (χ1n) is 9.01. The SMILES string of the molecule is CC(C)NC1CCN(C(=O)N2CCC(NC(C)C)CC2)CC1.Cl. The molecular formula is C17H35ClN4O. The number of urea groups is 1. The fourth-order valence-corrected chi connectivity index (χ4v) is 3.62. The highest BCUT2D eigenvalue weighted by Gasteiger charge is 2.29. The van der Waals surface area contributed by atoms with Crippen molar-refractivity contribution >= 4 is 18.4 Å². The van der Waals surface area contributed by atoms with Crippen molar-refractivity contribution in [3.8, 4) is 0 Å². The van der Waals surface area contributed by atoms with E-state index in [-0.39, 0.29) is 18.4 Å². The number of piperidine rings is 2. The molecule has 2 heterocycles. The van der Waals surface area contributed by atoms with Crippen LogP contribution in [0.3, 0.4) is 0 Å². The van der Waals surface area contributed by atoms with E-state index in [1.807, 2.05) is 0 Å². The number of hydrogen-bond acceptors (Lipinski definition) is 3. The molecule has 2 amide bonds. The summed E-state index contributed by atoms with van der Waals surface area (Å²) in [5, 5.41) is 7.17. The summed E-state index contributed by atoms with van der Waals surface area (Å²) in [6.07, 6.45) is 4.31. The maximum atomic E-state index is 12.6. The van der Waals surface area contributed by atoms with Gasteiger partial charge in [0.1, 0.15) is 0 Å². The molecule has 0 spiro atoms. The van der Waals surface area contributed by atoms with Crippen molar-refractivity contribution in [2.24, 2.45) is 0 Å². The van der Waals surface area contributed by atoms with Gasteiger partial charge in [-0.15, -0.1) is 12.4 Å². The molecule has 23 heavy (non-hydrogen) atoms. The Bertz CT molecular complexity index is 317. The van der Waals surface area contributed by atoms with Crippen molar-refractivity contribution in [2.45, 2.75) is 77.5 Å². The smallest absolute Gasteiger partial charge is 0.320 e. The highest BCUT2D eigenvalue weighted by molar-refractivity contribution is 5.85. The van der Waals surface area contributed by atoms with Gasteiger partial charge in [-0.3, -0.25) is 0 Å². The molecule has 0 aromatic heterocycles. The monoisotopic (exact) mass is 346 g/mol. The summed E-state index contributed by atoms with van der Waals surface area (Å²) in [5.74, 6) is 0. The number of nitrogens with one attached hydrogen (secondary N) is 2. The number of nitrogens with zero attached hydrogens (tertiary/aromatic N) is 2. The highest BCUT2D eigenvalue weighted by atomic mass is 35.5. The molecule has 0 aliphatic carbocycles. The Morgan fingerprint density at radius 2 is 1.09 bits per heavy atom. The predicted molar refractivity (Wildman–Crippen MR) is 98.4 cm³/mol. The topological polar surface area (TPSA) is 47.6 Å². The molecule has 2 rings (SSSR count). The van der Waals surface area contributed by atoms with E-state index < -0.39 is 0 Å². The van der Waals surface area contributed by atoms with E-state index in [1.54, 1.807) is 0 Å². The second-order valence-electron chi connectivity index (χ2n) is 7.45. The Morgan fingerprint density at radius 3 is 1.35 bits per heavy atom. The fourth-order valence-electron chi connectivity index (χ4n) is 3.62. The number of carbonyl (C=O) groups is 1. The second-order valence-corrected chi connectivity index (χ2v) is 7.45. The number of likely N-dealkylation sites (tertiary alicyclic amines) is 2. The molecule has 6 heteroatoms. The zero-order valence-corrected chi connectivity index (χ0v) is 16.0. The van der Waals surface area contributed by atoms with Gasteiger partial charge in [-0.2, -0.15) is 0 Å². The van der Waals surface area contributed by atoms with E-state index in [0.717, 1.165) is 51.9 Å². The maximum Gasteiger partial charge on any atom is 0.320 e. The van der Waals surface area contributed by atoms with Crippen molar-refractivity contribution in [2.75, 3.05) is 26.2 Å². The molecule has 0 bridgehead atoms. The first-order valence-corrected chi connectivity index (χ1v) is 9.01. The van der Waals surface area contributed by atoms with Gasteiger partial charge in [0.05, 0.1) is 0 Å². The van der Waals surface area contributed by atoms with Crippen molar-refractivity contribution in [1.82, 2.24) is 20.4 Å². The van der Waals surface area contributed by atoms with Crippen LogP contribution in [0.5, 0.6) is 0 Å². The average molecular weight is 347 g/mol. The third kappa shape index (κ3) is 6.48. The van der Waals surface area contributed by atoms with Gasteiger partial charge in [0, 0.05) is 50.3 Å². The van der Waals surface area contributed by atoms with Crippen LogP contribution in [0.15, 0.2) is 0 Å². The second kappa shape index (κ2) is 9.70. The first kappa shape index (κ1) is 20.5. The Balaban J connectivity index is 0.00000264. The van der Waals surface area contributed by atoms with Crippen molar-refractivity contribution in [3.05, 3.63) is 0 Å². The molecule has 0 saturated carbocycles. The fraction of sp³-hybridized carbons (Fsp3) is 0.941. The van der Waals surface area contributed by atoms with E-state index in [9.17, 15) is 4.79 Å². The van der Waals surface area contributed by atoms with Crippen molar-refractivity contribution in [3.63, 3.8) is 0 Å². The van der Waals surface area contributed by atoms with Gasteiger partial charge in [-0.1, -0.05) is 27.7 Å². The van der Waals surface area contributed by atoms with Crippen LogP contribution in [-0.4, -0.2) is 66.2 Å². The van der Waals surface area contributed by atoms with Gasteiger partial charge in [0.15, 0.2) is 0 Å². The van der Waals surface area contributed by atoms with E-state index >= 15 is 0 Å². The van der Waals surface area contributed by atoms with Crippen LogP contribution in [-0.2, 0) is 0 Å². The summed E-state index contributed by atoms with van der Waals surface area (Å²) >= 11 is 0. The molecule has 0 aromatic rings. The van der Waals surface area contributed by atoms with Gasteiger partial charge in [0.25, 0.3) is 0 Å². The van der Waals surface area contributed by atoms with Crippen LogP contribution >= 0.6 is 12.4 Å². The quantitative estimate of drug-likeness (QED) is 0.822. The third-order valence-electron chi connectivity index (χ3n) is 4.67. The number of hydrogen-bond donors (Lipinski definition) is 2. The minimum absolute atomic E-state index is 0. The molecule has 136 valence electrons. The standard InChI is InChI=1S/C17H34N4O.ClH/c1-13(2)18-15-5-9-20(10-6-15)17(22)21-11-7-16(8-12-21)19-14(3)4;/h13-16,18-19H,5-12H2,1-4H3;1H. The number of carbonyl (C=O) groups excluding carboxylic acids is 1. The van der Waals surface area contributed by atoms with Crippen molar-refractivity contribution < 1.29 is 4.79 Å². The summed E-state index contributed by atoms with van der Waals surface area (Å²) in [6, 6.07) is 2.46. The summed E-state index contributed by atoms with van der Waals surface area (Å²) < 4.78 is 0. The van der Waals surface area contributed by atoms with Gasteiger partial charge in [0.2, 0.25) is 0 Å². The Hall–Kier alpha value is -0.520. The van der Waals surface area contributed by atoms with Crippen LogP contribution in [0.2, 0.25) is 0 Å². The summed E-state index contributed by atoms with van der Waals surface area (Å²) in [5.41, 5.74) is 0. The van der Waals surface area contributed by atoms with E-state index in [0.29, 0.717) is 24.2 Å². The summed E-state index contributed by atoms with van der Waals surface area (Å²) in [6.45, 7) is 12.3. The van der Waals surface area contributed by atoms with Gasteiger partial charge < -0.3 is 20.4 Å². The Labute approximate surface area is 148 Å². The number of rotatable bonds is 4. The summed E-state index contributed by atoms with van der Waals surface area (Å²) in [7, 11) is 0. The average Bonchev–Trinajstić information content (AvgIpc) is 2.47. The molecule has 5 nitrogen and oxygen atoms in total. The lowest BCUT2D eigenvalue weighted by atomic mass is 10.0. The maximum absolute atomic E-state index is 12.6. The largest absolute Gasteiger partial charge is 0.325 e. The molecule has 0 atom stereocenters. The molecule has 0 aromatic carbocycles. The van der Waals surface area contributed by atoms with Gasteiger partial charge in [-0.05, 0) is 25.7 Å². The molecule has 2 saturated heterocycles. The van der Waals surface area contributed by atoms with Gasteiger partial charge in [-0.25, -0.2) is 4.79 Å². The van der Waals surface area contributed by atoms with Crippen molar-refractivity contribution in [1.29, 1.82) is 0 Å². The van der Waals surface area contributed by atoms with Crippen LogP contribution < -0.4 is 10.6 Å². The molecule has 2 N–H and O–H groups in total. The molecule has 2 aliphatic heterocycles. The van der Waals surface area contributed by atoms with E-state index in [2.05, 4.69) is 48.1 Å². The third-order valence-corrected chi connectivity index (χ3v) is 4.67. The molecule has 2 aliphatic rings. The molecule has 0 unspecified atom stereocenters. The summed E-state index contributed by atoms with van der Waals surface area (Å²) in [4.78, 5) is 16.7. The minimum Gasteiger partial charge on any atom is -0.325 e. The molecular weight excluding hydrogens is 312 g/mol. The first-order chi connectivity index (χ1) is 10.5. The lowest BCUT2D eigenvalue weighted by Crippen LogP contribution is -2.53. The normalized spacial score (nSPS) is 21.0. The minimum atomic E-state index is 0. The zero-order valence-electron chi connectivity index (χ0n) is 15.2. The van der Waals surface area contributed by atoms with Crippen LogP contribution in [0.25, 0.3) is 0 Å². The highest BCUT2D eigenvalue weighted by Crippen LogP contribution is 2.17. The lowest BCUT2D eigenvalue weighted by Gasteiger charge is -2.39. The van der Waals surface area contributed by atoms with E-state index in [1.165, 1.54) is 0 Å². The van der Waals surface area contributed by atoms with Crippen LogP contribution in [0.4, 0.5) is 4.79 Å². The lowest BCUT2D eigenvalue weighted by molar-refractivity contribution is 0.122. The zero-order chi connectivity index (χ0) is 16.1. The number of amides is 2.